The highest BCUT2D eigenvalue weighted by molar-refractivity contribution is 9.11. The van der Waals surface area contributed by atoms with Crippen LogP contribution >= 0.6 is 39.0 Å². The molecule has 0 aromatic carbocycles. The van der Waals surface area contributed by atoms with Gasteiger partial charge in [0.25, 0.3) is 0 Å². The molecule has 0 fully saturated rings. The number of methoxy groups -OCH3 is 1. The van der Waals surface area contributed by atoms with Gasteiger partial charge >= 0.3 is 0 Å². The molecule has 0 atom stereocenters. The minimum absolute atomic E-state index is 0.752. The highest BCUT2D eigenvalue weighted by Gasteiger charge is 2.00. The van der Waals surface area contributed by atoms with E-state index >= 15 is 0 Å². The van der Waals surface area contributed by atoms with Crippen molar-refractivity contribution in [3.63, 3.8) is 0 Å². The van der Waals surface area contributed by atoms with Crippen LogP contribution in [0, 0.1) is 0 Å². The molecule has 0 radical (unpaired) electrons. The molecule has 62 valence electrons. The molecular weight excluding hydrogens is 248 g/mol. The lowest BCUT2D eigenvalue weighted by atomic mass is 10.9. The Kier molecular flexibility index (Phi) is 4.36. The summed E-state index contributed by atoms with van der Waals surface area (Å²) in [6.45, 7) is 0.752. The predicted octanol–water partition coefficient (Wildman–Crippen LogP) is 2.04. The average Bonchev–Trinajstić information content (AvgIpc) is 2.37. The number of ether oxygens (including phenoxy) is 1. The van der Waals surface area contributed by atoms with Crippen molar-refractivity contribution in [2.45, 2.75) is 4.34 Å². The Morgan fingerprint density at radius 3 is 3.00 bits per heavy atom. The van der Waals surface area contributed by atoms with Crippen molar-refractivity contribution < 1.29 is 4.74 Å². The summed E-state index contributed by atoms with van der Waals surface area (Å²) in [6, 6.07) is 0. The molecule has 0 aliphatic carbocycles. The van der Waals surface area contributed by atoms with Crippen LogP contribution in [-0.4, -0.2) is 29.7 Å². The van der Waals surface area contributed by atoms with Gasteiger partial charge in [0, 0.05) is 12.9 Å². The van der Waals surface area contributed by atoms with Crippen LogP contribution in [0.3, 0.4) is 0 Å². The summed E-state index contributed by atoms with van der Waals surface area (Å²) >= 11 is 6.44. The van der Waals surface area contributed by atoms with Crippen molar-refractivity contribution in [3.05, 3.63) is 3.92 Å². The van der Waals surface area contributed by atoms with Crippen molar-refractivity contribution >= 4 is 39.0 Å². The molecule has 0 unspecified atom stereocenters. The van der Waals surface area contributed by atoms with E-state index < -0.39 is 0 Å². The van der Waals surface area contributed by atoms with E-state index in [1.54, 1.807) is 30.2 Å². The first-order chi connectivity index (χ1) is 5.33. The zero-order valence-electron chi connectivity index (χ0n) is 5.91. The molecule has 0 aliphatic heterocycles. The number of hydrogen-bond donors (Lipinski definition) is 0. The minimum Gasteiger partial charge on any atom is -0.384 e. The maximum absolute atomic E-state index is 4.89. The Balaban J connectivity index is 2.27. The molecule has 0 spiro atoms. The third kappa shape index (κ3) is 3.50. The second-order valence-electron chi connectivity index (χ2n) is 1.66. The second-order valence-corrected chi connectivity index (χ2v) is 5.26. The van der Waals surface area contributed by atoms with E-state index in [-0.39, 0.29) is 0 Å². The fourth-order valence-electron chi connectivity index (χ4n) is 0.464. The molecule has 0 amide bonds. The van der Waals surface area contributed by atoms with Crippen LogP contribution in [0.4, 0.5) is 0 Å². The maximum Gasteiger partial charge on any atom is 0.184 e. The highest BCUT2D eigenvalue weighted by atomic mass is 79.9. The van der Waals surface area contributed by atoms with E-state index in [9.17, 15) is 0 Å². The highest BCUT2D eigenvalue weighted by Crippen LogP contribution is 2.24. The van der Waals surface area contributed by atoms with Gasteiger partial charge in [-0.25, -0.2) is 0 Å². The number of halogens is 1. The van der Waals surface area contributed by atoms with Gasteiger partial charge in [-0.1, -0.05) is 23.1 Å². The quantitative estimate of drug-likeness (QED) is 0.609. The van der Waals surface area contributed by atoms with E-state index in [0.29, 0.717) is 0 Å². The van der Waals surface area contributed by atoms with Crippen LogP contribution in [0.1, 0.15) is 0 Å². The van der Waals surface area contributed by atoms with Gasteiger partial charge in [-0.05, 0) is 15.9 Å². The number of rotatable bonds is 4. The van der Waals surface area contributed by atoms with Gasteiger partial charge in [0.2, 0.25) is 0 Å². The van der Waals surface area contributed by atoms with Gasteiger partial charge in [0.05, 0.1) is 6.61 Å². The molecular formula is C5H7BrN2OS2. The molecule has 11 heavy (non-hydrogen) atoms. The Bertz CT molecular complexity index is 218. The van der Waals surface area contributed by atoms with Crippen molar-refractivity contribution in [1.82, 2.24) is 10.2 Å². The number of thioether (sulfide) groups is 1. The van der Waals surface area contributed by atoms with Gasteiger partial charge in [0.15, 0.2) is 8.26 Å². The lowest BCUT2D eigenvalue weighted by Crippen LogP contribution is -1.90. The van der Waals surface area contributed by atoms with E-state index in [0.717, 1.165) is 20.6 Å². The third-order valence-corrected chi connectivity index (χ3v) is 3.35. The van der Waals surface area contributed by atoms with Crippen LogP contribution in [0.15, 0.2) is 8.26 Å². The number of nitrogens with zero attached hydrogens (tertiary/aromatic N) is 2. The fourth-order valence-corrected chi connectivity index (χ4v) is 2.88. The van der Waals surface area contributed by atoms with Gasteiger partial charge in [-0.15, -0.1) is 10.2 Å². The van der Waals surface area contributed by atoms with Crippen molar-refractivity contribution in [2.24, 2.45) is 0 Å². The van der Waals surface area contributed by atoms with Crippen molar-refractivity contribution in [2.75, 3.05) is 19.5 Å². The van der Waals surface area contributed by atoms with E-state index in [2.05, 4.69) is 26.1 Å². The zero-order chi connectivity index (χ0) is 8.10. The topological polar surface area (TPSA) is 35.0 Å². The van der Waals surface area contributed by atoms with E-state index in [1.807, 2.05) is 0 Å². The fraction of sp³-hybridized carbons (Fsp3) is 0.600. The van der Waals surface area contributed by atoms with Crippen LogP contribution in [0.5, 0.6) is 0 Å². The molecule has 0 saturated heterocycles. The number of aromatic nitrogens is 2. The molecule has 1 aromatic rings. The normalized spacial score (nSPS) is 10.4. The molecule has 0 bridgehead atoms. The van der Waals surface area contributed by atoms with Gasteiger partial charge in [-0.2, -0.15) is 0 Å². The molecule has 0 saturated carbocycles. The Morgan fingerprint density at radius 1 is 1.64 bits per heavy atom. The van der Waals surface area contributed by atoms with E-state index in [1.165, 1.54) is 0 Å². The summed E-state index contributed by atoms with van der Waals surface area (Å²) in [5.74, 6) is 0.929. The first-order valence-corrected chi connectivity index (χ1v) is 5.53. The molecule has 0 aliphatic rings. The standard InChI is InChI=1S/C5H7BrN2OS2/c1-9-2-3-10-5-8-7-4(6)11-5/h2-3H2,1H3. The molecule has 3 nitrogen and oxygen atoms in total. The molecule has 6 heteroatoms. The Morgan fingerprint density at radius 2 is 2.45 bits per heavy atom. The smallest absolute Gasteiger partial charge is 0.184 e. The van der Waals surface area contributed by atoms with Crippen LogP contribution < -0.4 is 0 Å². The summed E-state index contributed by atoms with van der Waals surface area (Å²) < 4.78 is 6.71. The minimum atomic E-state index is 0.752. The molecule has 1 heterocycles. The van der Waals surface area contributed by atoms with Crippen LogP contribution in [0.25, 0.3) is 0 Å². The van der Waals surface area contributed by atoms with Crippen molar-refractivity contribution in [3.8, 4) is 0 Å². The summed E-state index contributed by atoms with van der Waals surface area (Å²) in [4.78, 5) is 0. The molecule has 1 rings (SSSR count). The molecule has 1 aromatic heterocycles. The van der Waals surface area contributed by atoms with Crippen LogP contribution in [0.2, 0.25) is 0 Å². The first-order valence-electron chi connectivity index (χ1n) is 2.93. The van der Waals surface area contributed by atoms with Gasteiger partial charge in [0.1, 0.15) is 0 Å². The first kappa shape index (κ1) is 9.44. The maximum atomic E-state index is 4.89. The lowest BCUT2D eigenvalue weighted by molar-refractivity contribution is 0.218. The Hall–Kier alpha value is 0.350. The van der Waals surface area contributed by atoms with Crippen LogP contribution in [-0.2, 0) is 4.74 Å². The zero-order valence-corrected chi connectivity index (χ0v) is 9.13. The SMILES string of the molecule is COCCSc1nnc(Br)s1. The van der Waals surface area contributed by atoms with E-state index in [4.69, 9.17) is 4.74 Å². The summed E-state index contributed by atoms with van der Waals surface area (Å²) in [6.07, 6.45) is 0. The second kappa shape index (κ2) is 5.08. The molecule has 0 N–H and O–H groups in total. The number of hydrogen-bond acceptors (Lipinski definition) is 5. The summed E-state index contributed by atoms with van der Waals surface area (Å²) in [7, 11) is 1.69. The summed E-state index contributed by atoms with van der Waals surface area (Å²) in [5.41, 5.74) is 0. The third-order valence-electron chi connectivity index (χ3n) is 0.895. The predicted molar refractivity (Wildman–Crippen MR) is 50.2 cm³/mol. The average molecular weight is 255 g/mol. The summed E-state index contributed by atoms with van der Waals surface area (Å²) in [5, 5.41) is 7.74. The lowest BCUT2D eigenvalue weighted by Gasteiger charge is -1.93. The van der Waals surface area contributed by atoms with Gasteiger partial charge in [-0.3, -0.25) is 0 Å². The monoisotopic (exact) mass is 254 g/mol. The largest absolute Gasteiger partial charge is 0.384 e. The van der Waals surface area contributed by atoms with Gasteiger partial charge < -0.3 is 4.74 Å². The van der Waals surface area contributed by atoms with Crippen molar-refractivity contribution in [1.29, 1.82) is 0 Å². The Labute approximate surface area is 81.7 Å².